The number of carbonyl (C=O) groups excluding carboxylic acids is 1. The number of aryl methyl sites for hydroxylation is 1. The fourth-order valence-corrected chi connectivity index (χ4v) is 2.99. The van der Waals surface area contributed by atoms with Crippen molar-refractivity contribution in [3.8, 4) is 11.3 Å². The van der Waals surface area contributed by atoms with Crippen molar-refractivity contribution in [2.75, 3.05) is 0 Å². The maximum absolute atomic E-state index is 11.7. The number of carbonyl (C=O) groups is 1. The molecule has 1 aromatic heterocycles. The van der Waals surface area contributed by atoms with Gasteiger partial charge in [0.1, 0.15) is 0 Å². The summed E-state index contributed by atoms with van der Waals surface area (Å²) in [5, 5.41) is 13.2. The van der Waals surface area contributed by atoms with Gasteiger partial charge in [0.15, 0.2) is 5.69 Å². The molecule has 1 heterocycles. The average Bonchev–Trinajstić information content (AvgIpc) is 3.08. The molecule has 0 bridgehead atoms. The van der Waals surface area contributed by atoms with Crippen LogP contribution in [-0.2, 0) is 6.54 Å². The lowest BCUT2D eigenvalue weighted by Gasteiger charge is -2.07. The molecule has 0 unspecified atom stereocenters. The van der Waals surface area contributed by atoms with Crippen molar-refractivity contribution in [1.29, 1.82) is 0 Å². The van der Waals surface area contributed by atoms with Crippen LogP contribution in [0.1, 0.15) is 68.8 Å². The van der Waals surface area contributed by atoms with Crippen LogP contribution in [0.25, 0.3) is 11.3 Å². The molecular formula is C20H29N3O2. The Morgan fingerprint density at radius 2 is 1.68 bits per heavy atom. The Morgan fingerprint density at radius 3 is 2.32 bits per heavy atom. The van der Waals surface area contributed by atoms with Crippen molar-refractivity contribution in [2.45, 2.75) is 64.8 Å². The molecule has 1 amide bonds. The molecule has 136 valence electrons. The Labute approximate surface area is 150 Å². The van der Waals surface area contributed by atoms with E-state index in [2.05, 4.69) is 12.0 Å². The third kappa shape index (κ3) is 6.02. The van der Waals surface area contributed by atoms with E-state index in [9.17, 15) is 4.79 Å². The number of rotatable bonds is 11. The largest absolute Gasteiger partial charge is 0.295 e. The zero-order valence-corrected chi connectivity index (χ0v) is 15.1. The molecule has 0 atom stereocenters. The SMILES string of the molecule is CCCCCCCCCCn1nc(C(=O)NO)cc1-c1ccccc1. The second-order valence-corrected chi connectivity index (χ2v) is 6.42. The van der Waals surface area contributed by atoms with Crippen LogP contribution >= 0.6 is 0 Å². The van der Waals surface area contributed by atoms with Crippen LogP contribution in [0.3, 0.4) is 0 Å². The summed E-state index contributed by atoms with van der Waals surface area (Å²) in [4.78, 5) is 11.7. The quantitative estimate of drug-likeness (QED) is 0.349. The summed E-state index contributed by atoms with van der Waals surface area (Å²) in [7, 11) is 0. The van der Waals surface area contributed by atoms with Crippen LogP contribution in [-0.4, -0.2) is 20.9 Å². The number of nitrogens with one attached hydrogen (secondary N) is 1. The van der Waals surface area contributed by atoms with Crippen molar-refractivity contribution >= 4 is 5.91 Å². The van der Waals surface area contributed by atoms with E-state index in [0.29, 0.717) is 0 Å². The fourth-order valence-electron chi connectivity index (χ4n) is 2.99. The van der Waals surface area contributed by atoms with E-state index in [4.69, 9.17) is 5.21 Å². The first-order valence-corrected chi connectivity index (χ1v) is 9.34. The number of aromatic nitrogens is 2. The Bertz CT molecular complexity index is 638. The zero-order chi connectivity index (χ0) is 17.9. The first kappa shape index (κ1) is 19.2. The minimum atomic E-state index is -0.577. The smallest absolute Gasteiger partial charge is 0.288 e. The third-order valence-corrected chi connectivity index (χ3v) is 4.41. The monoisotopic (exact) mass is 343 g/mol. The Morgan fingerprint density at radius 1 is 1.04 bits per heavy atom. The summed E-state index contributed by atoms with van der Waals surface area (Å²) in [5.41, 5.74) is 3.82. The van der Waals surface area contributed by atoms with Crippen molar-refractivity contribution in [2.24, 2.45) is 0 Å². The summed E-state index contributed by atoms with van der Waals surface area (Å²) < 4.78 is 1.87. The van der Waals surface area contributed by atoms with E-state index in [-0.39, 0.29) is 5.69 Å². The predicted molar refractivity (Wildman–Crippen MR) is 99.5 cm³/mol. The van der Waals surface area contributed by atoms with Gasteiger partial charge in [-0.05, 0) is 18.1 Å². The minimum absolute atomic E-state index is 0.237. The Kier molecular flexibility index (Phi) is 8.19. The number of hydroxylamine groups is 1. The van der Waals surface area contributed by atoms with Gasteiger partial charge >= 0.3 is 0 Å². The topological polar surface area (TPSA) is 67.2 Å². The molecule has 0 aliphatic heterocycles. The molecule has 0 saturated carbocycles. The highest BCUT2D eigenvalue weighted by atomic mass is 16.5. The van der Waals surface area contributed by atoms with Gasteiger partial charge in [-0.1, -0.05) is 82.2 Å². The zero-order valence-electron chi connectivity index (χ0n) is 15.1. The molecule has 0 aliphatic rings. The van der Waals surface area contributed by atoms with Crippen LogP contribution < -0.4 is 5.48 Å². The van der Waals surface area contributed by atoms with Crippen molar-refractivity contribution in [1.82, 2.24) is 15.3 Å². The fraction of sp³-hybridized carbons (Fsp3) is 0.500. The van der Waals surface area contributed by atoms with Crippen molar-refractivity contribution in [3.63, 3.8) is 0 Å². The second kappa shape index (κ2) is 10.7. The van der Waals surface area contributed by atoms with E-state index in [1.165, 1.54) is 44.9 Å². The van der Waals surface area contributed by atoms with Crippen LogP contribution in [0.2, 0.25) is 0 Å². The molecule has 2 rings (SSSR count). The van der Waals surface area contributed by atoms with E-state index in [1.807, 2.05) is 35.0 Å². The molecule has 2 N–H and O–H groups in total. The number of hydrogen-bond acceptors (Lipinski definition) is 3. The summed E-state index contributed by atoms with van der Waals surface area (Å²) in [6.45, 7) is 3.01. The second-order valence-electron chi connectivity index (χ2n) is 6.42. The number of amides is 1. The van der Waals surface area contributed by atoms with E-state index in [1.54, 1.807) is 11.5 Å². The number of nitrogens with zero attached hydrogens (tertiary/aromatic N) is 2. The first-order chi connectivity index (χ1) is 12.3. The highest BCUT2D eigenvalue weighted by Gasteiger charge is 2.14. The molecule has 0 saturated heterocycles. The lowest BCUT2D eigenvalue weighted by Crippen LogP contribution is -2.19. The third-order valence-electron chi connectivity index (χ3n) is 4.41. The van der Waals surface area contributed by atoms with Gasteiger partial charge < -0.3 is 0 Å². The first-order valence-electron chi connectivity index (χ1n) is 9.34. The standard InChI is InChI=1S/C20H29N3O2/c1-2-3-4-5-6-7-8-12-15-23-19(17-13-10-9-11-14-17)16-18(21-23)20(24)22-25/h9-11,13-14,16,25H,2-8,12,15H2,1H3,(H,22,24). The van der Waals surface area contributed by atoms with Crippen molar-refractivity contribution < 1.29 is 10.0 Å². The molecule has 1 aromatic carbocycles. The van der Waals surface area contributed by atoms with E-state index >= 15 is 0 Å². The molecule has 0 spiro atoms. The normalized spacial score (nSPS) is 10.8. The van der Waals surface area contributed by atoms with Gasteiger partial charge in [0.25, 0.3) is 5.91 Å². The number of hydrogen-bond donors (Lipinski definition) is 2. The highest BCUT2D eigenvalue weighted by Crippen LogP contribution is 2.21. The summed E-state index contributed by atoms with van der Waals surface area (Å²) in [6, 6.07) is 11.6. The average molecular weight is 343 g/mol. The molecule has 0 aliphatic carbocycles. The van der Waals surface area contributed by atoms with Gasteiger partial charge in [-0.15, -0.1) is 0 Å². The molecule has 2 aromatic rings. The maximum Gasteiger partial charge on any atom is 0.295 e. The Hall–Kier alpha value is -2.14. The molecule has 0 radical (unpaired) electrons. The summed E-state index contributed by atoms with van der Waals surface area (Å²) in [6.07, 6.45) is 10.0. The Balaban J connectivity index is 1.92. The van der Waals surface area contributed by atoms with Crippen LogP contribution in [0.4, 0.5) is 0 Å². The van der Waals surface area contributed by atoms with Crippen LogP contribution in [0, 0.1) is 0 Å². The van der Waals surface area contributed by atoms with E-state index < -0.39 is 5.91 Å². The lowest BCUT2D eigenvalue weighted by molar-refractivity contribution is 0.0700. The highest BCUT2D eigenvalue weighted by molar-refractivity contribution is 5.92. The van der Waals surface area contributed by atoms with Crippen LogP contribution in [0.5, 0.6) is 0 Å². The minimum Gasteiger partial charge on any atom is -0.288 e. The predicted octanol–water partition coefficient (Wildman–Crippen LogP) is 4.81. The molecule has 25 heavy (non-hydrogen) atoms. The van der Waals surface area contributed by atoms with E-state index in [0.717, 1.165) is 24.2 Å². The molecular weight excluding hydrogens is 314 g/mol. The maximum atomic E-state index is 11.7. The number of unbranched alkanes of at least 4 members (excludes halogenated alkanes) is 7. The lowest BCUT2D eigenvalue weighted by atomic mass is 10.1. The van der Waals surface area contributed by atoms with Gasteiger partial charge in [0, 0.05) is 6.54 Å². The number of benzene rings is 1. The van der Waals surface area contributed by atoms with Gasteiger partial charge in [0.05, 0.1) is 5.69 Å². The van der Waals surface area contributed by atoms with Crippen LogP contribution in [0.15, 0.2) is 36.4 Å². The van der Waals surface area contributed by atoms with Gasteiger partial charge in [-0.2, -0.15) is 5.10 Å². The van der Waals surface area contributed by atoms with Gasteiger partial charge in [-0.3, -0.25) is 14.7 Å². The molecule has 5 nitrogen and oxygen atoms in total. The molecule has 0 fully saturated rings. The van der Waals surface area contributed by atoms with Crippen molar-refractivity contribution in [3.05, 3.63) is 42.1 Å². The molecule has 5 heteroatoms. The van der Waals surface area contributed by atoms with Gasteiger partial charge in [-0.25, -0.2) is 5.48 Å². The van der Waals surface area contributed by atoms with Gasteiger partial charge in [0.2, 0.25) is 0 Å². The summed E-state index contributed by atoms with van der Waals surface area (Å²) in [5.74, 6) is -0.577. The summed E-state index contributed by atoms with van der Waals surface area (Å²) >= 11 is 0.